The molecule has 0 unspecified atom stereocenters. The lowest BCUT2D eigenvalue weighted by molar-refractivity contribution is -0.119. The Morgan fingerprint density at radius 2 is 1.67 bits per heavy atom. The molecule has 0 radical (unpaired) electrons. The van der Waals surface area contributed by atoms with Gasteiger partial charge in [-0.2, -0.15) is 0 Å². The predicted molar refractivity (Wildman–Crippen MR) is 119 cm³/mol. The van der Waals surface area contributed by atoms with Crippen molar-refractivity contribution in [2.45, 2.75) is 0 Å². The molecule has 10 heteroatoms. The fraction of sp³-hybridized carbons (Fsp3) is 0.0500. The van der Waals surface area contributed by atoms with Crippen molar-refractivity contribution in [1.29, 1.82) is 0 Å². The number of ether oxygens (including phenoxy) is 1. The standard InChI is InChI=1S/C20H13Cl3N2O4S/c21-13-8-15(23)16(9-14(13)22)25-18(26)10-29-20(28)11-3-1-4-12(7-11)24-19(27)17-5-2-6-30-17/h1-9H,10H2,(H,24,27)(H,25,26). The molecule has 30 heavy (non-hydrogen) atoms. The highest BCUT2D eigenvalue weighted by Crippen LogP contribution is 2.32. The summed E-state index contributed by atoms with van der Waals surface area (Å²) in [5, 5.41) is 7.64. The average molecular weight is 484 g/mol. The highest BCUT2D eigenvalue weighted by atomic mass is 35.5. The van der Waals surface area contributed by atoms with E-state index < -0.39 is 18.5 Å². The van der Waals surface area contributed by atoms with E-state index in [2.05, 4.69) is 10.6 Å². The third-order valence-corrected chi connectivity index (χ3v) is 5.62. The molecule has 154 valence electrons. The molecule has 0 aliphatic heterocycles. The Morgan fingerprint density at radius 3 is 2.40 bits per heavy atom. The molecule has 6 nitrogen and oxygen atoms in total. The molecule has 0 saturated carbocycles. The number of benzene rings is 2. The van der Waals surface area contributed by atoms with E-state index in [0.717, 1.165) is 0 Å². The van der Waals surface area contributed by atoms with Gasteiger partial charge in [-0.3, -0.25) is 9.59 Å². The second-order valence-electron chi connectivity index (χ2n) is 5.88. The Hall–Kier alpha value is -2.58. The number of nitrogens with one attached hydrogen (secondary N) is 2. The molecule has 0 bridgehead atoms. The molecule has 0 aliphatic carbocycles. The predicted octanol–water partition coefficient (Wildman–Crippen LogP) is 5.76. The molecule has 0 spiro atoms. The minimum atomic E-state index is -0.724. The SMILES string of the molecule is O=C(COC(=O)c1cccc(NC(=O)c2cccs2)c1)Nc1cc(Cl)c(Cl)cc1Cl. The van der Waals surface area contributed by atoms with Crippen LogP contribution in [0.3, 0.4) is 0 Å². The van der Waals surface area contributed by atoms with Crippen molar-refractivity contribution < 1.29 is 19.1 Å². The van der Waals surface area contributed by atoms with Crippen LogP contribution >= 0.6 is 46.1 Å². The number of hydrogen-bond acceptors (Lipinski definition) is 5. The minimum absolute atomic E-state index is 0.180. The van der Waals surface area contributed by atoms with Gasteiger partial charge in [-0.15, -0.1) is 11.3 Å². The van der Waals surface area contributed by atoms with Gasteiger partial charge in [-0.25, -0.2) is 4.79 Å². The number of carbonyl (C=O) groups excluding carboxylic acids is 3. The van der Waals surface area contributed by atoms with Crippen LogP contribution in [-0.4, -0.2) is 24.4 Å². The first-order chi connectivity index (χ1) is 14.3. The molecule has 2 amide bonds. The van der Waals surface area contributed by atoms with Crippen LogP contribution in [0, 0.1) is 0 Å². The second kappa shape index (κ2) is 9.95. The summed E-state index contributed by atoms with van der Waals surface area (Å²) in [6.07, 6.45) is 0. The summed E-state index contributed by atoms with van der Waals surface area (Å²) in [6, 6.07) is 12.4. The number of amides is 2. The maximum atomic E-state index is 12.3. The van der Waals surface area contributed by atoms with Gasteiger partial charge in [0, 0.05) is 5.69 Å². The zero-order chi connectivity index (χ0) is 21.7. The van der Waals surface area contributed by atoms with Crippen LogP contribution in [0.15, 0.2) is 53.9 Å². The Balaban J connectivity index is 1.57. The first kappa shape index (κ1) is 22.1. The molecular weight excluding hydrogens is 471 g/mol. The zero-order valence-corrected chi connectivity index (χ0v) is 18.2. The fourth-order valence-electron chi connectivity index (χ4n) is 2.34. The molecule has 0 atom stereocenters. The Bertz CT molecular complexity index is 1100. The van der Waals surface area contributed by atoms with Crippen LogP contribution < -0.4 is 10.6 Å². The number of esters is 1. The van der Waals surface area contributed by atoms with E-state index in [1.165, 1.54) is 35.6 Å². The number of halogens is 3. The summed E-state index contributed by atoms with van der Waals surface area (Å²) < 4.78 is 5.02. The van der Waals surface area contributed by atoms with E-state index in [0.29, 0.717) is 10.6 Å². The van der Waals surface area contributed by atoms with Gasteiger partial charge in [0.25, 0.3) is 11.8 Å². The normalized spacial score (nSPS) is 10.4. The number of anilines is 2. The van der Waals surface area contributed by atoms with Crippen LogP contribution in [-0.2, 0) is 9.53 Å². The van der Waals surface area contributed by atoms with Crippen LogP contribution in [0.1, 0.15) is 20.0 Å². The van der Waals surface area contributed by atoms with Gasteiger partial charge in [0.15, 0.2) is 6.61 Å². The van der Waals surface area contributed by atoms with Crippen molar-refractivity contribution in [3.63, 3.8) is 0 Å². The zero-order valence-electron chi connectivity index (χ0n) is 15.1. The van der Waals surface area contributed by atoms with E-state index in [1.54, 1.807) is 29.6 Å². The van der Waals surface area contributed by atoms with Gasteiger partial charge < -0.3 is 15.4 Å². The first-order valence-corrected chi connectivity index (χ1v) is 10.4. The first-order valence-electron chi connectivity index (χ1n) is 8.40. The third kappa shape index (κ3) is 5.73. The lowest BCUT2D eigenvalue weighted by Gasteiger charge is -2.10. The number of rotatable bonds is 6. The molecular formula is C20H13Cl3N2O4S. The number of carbonyl (C=O) groups is 3. The van der Waals surface area contributed by atoms with Gasteiger partial charge in [0.1, 0.15) is 0 Å². The molecule has 3 rings (SSSR count). The molecule has 1 heterocycles. The van der Waals surface area contributed by atoms with Crippen molar-refractivity contribution in [3.8, 4) is 0 Å². The van der Waals surface area contributed by atoms with Crippen LogP contribution in [0.5, 0.6) is 0 Å². The van der Waals surface area contributed by atoms with Crippen molar-refractivity contribution in [3.05, 3.63) is 79.4 Å². The second-order valence-corrected chi connectivity index (χ2v) is 8.05. The monoisotopic (exact) mass is 482 g/mol. The quantitative estimate of drug-likeness (QED) is 0.345. The van der Waals surface area contributed by atoms with E-state index in [9.17, 15) is 14.4 Å². The van der Waals surface area contributed by atoms with E-state index in [-0.39, 0.29) is 32.2 Å². The maximum Gasteiger partial charge on any atom is 0.338 e. The third-order valence-electron chi connectivity index (χ3n) is 3.72. The Kier molecular flexibility index (Phi) is 7.33. The van der Waals surface area contributed by atoms with E-state index >= 15 is 0 Å². The smallest absolute Gasteiger partial charge is 0.338 e. The van der Waals surface area contributed by atoms with Crippen molar-refractivity contribution in [2.75, 3.05) is 17.2 Å². The Labute approximate surface area is 190 Å². The highest BCUT2D eigenvalue weighted by Gasteiger charge is 2.14. The largest absolute Gasteiger partial charge is 0.452 e. The van der Waals surface area contributed by atoms with Crippen molar-refractivity contribution in [1.82, 2.24) is 0 Å². The molecule has 0 aliphatic rings. The topological polar surface area (TPSA) is 84.5 Å². The molecule has 2 aromatic carbocycles. The van der Waals surface area contributed by atoms with Crippen LogP contribution in [0.25, 0.3) is 0 Å². The molecule has 0 fully saturated rings. The lowest BCUT2D eigenvalue weighted by Crippen LogP contribution is -2.21. The highest BCUT2D eigenvalue weighted by molar-refractivity contribution is 7.12. The Morgan fingerprint density at radius 1 is 0.900 bits per heavy atom. The lowest BCUT2D eigenvalue weighted by atomic mass is 10.2. The average Bonchev–Trinajstić information content (AvgIpc) is 3.25. The van der Waals surface area contributed by atoms with Gasteiger partial charge in [0.05, 0.1) is 31.2 Å². The summed E-state index contributed by atoms with van der Waals surface area (Å²) in [6.45, 7) is -0.540. The summed E-state index contributed by atoms with van der Waals surface area (Å²) in [5.41, 5.74) is 0.847. The summed E-state index contributed by atoms with van der Waals surface area (Å²) in [7, 11) is 0. The van der Waals surface area contributed by atoms with Crippen molar-refractivity contribution >= 4 is 75.3 Å². The van der Waals surface area contributed by atoms with Crippen LogP contribution in [0.4, 0.5) is 11.4 Å². The van der Waals surface area contributed by atoms with Crippen LogP contribution in [0.2, 0.25) is 15.1 Å². The summed E-state index contributed by atoms with van der Waals surface area (Å²) >= 11 is 19.0. The minimum Gasteiger partial charge on any atom is -0.452 e. The molecule has 0 saturated heterocycles. The van der Waals surface area contributed by atoms with Gasteiger partial charge >= 0.3 is 5.97 Å². The van der Waals surface area contributed by atoms with Gasteiger partial charge in [-0.1, -0.05) is 46.9 Å². The molecule has 3 aromatic rings. The van der Waals surface area contributed by atoms with E-state index in [4.69, 9.17) is 39.5 Å². The molecule has 2 N–H and O–H groups in total. The number of hydrogen-bond donors (Lipinski definition) is 2. The maximum absolute atomic E-state index is 12.3. The van der Waals surface area contributed by atoms with Crippen molar-refractivity contribution in [2.24, 2.45) is 0 Å². The molecule has 1 aromatic heterocycles. The fourth-order valence-corrected chi connectivity index (χ4v) is 3.56. The number of thiophene rings is 1. The summed E-state index contributed by atoms with van der Waals surface area (Å²) in [5.74, 6) is -1.61. The van der Waals surface area contributed by atoms with Gasteiger partial charge in [-0.05, 0) is 41.8 Å². The van der Waals surface area contributed by atoms with E-state index in [1.807, 2.05) is 0 Å². The summed E-state index contributed by atoms with van der Waals surface area (Å²) in [4.78, 5) is 37.0. The van der Waals surface area contributed by atoms with Gasteiger partial charge in [0.2, 0.25) is 0 Å².